The summed E-state index contributed by atoms with van der Waals surface area (Å²) in [5.41, 5.74) is 7.29. The van der Waals surface area contributed by atoms with Gasteiger partial charge in [-0.05, 0) is 45.9 Å². The van der Waals surface area contributed by atoms with E-state index in [4.69, 9.17) is 33.7 Å². The molecule has 0 aliphatic rings. The topological polar surface area (TPSA) is 9.86 Å². The minimum Gasteiger partial charge on any atom is -0.298 e. The van der Waals surface area contributed by atoms with E-state index in [-0.39, 0.29) is 0 Å². The van der Waals surface area contributed by atoms with E-state index in [9.17, 15) is 0 Å². The third-order valence-corrected chi connectivity index (χ3v) is 8.43. The highest BCUT2D eigenvalue weighted by atomic mass is 36.0. The van der Waals surface area contributed by atoms with E-state index in [1.165, 1.54) is 22.3 Å². The molecule has 2 aromatic carbocycles. The Hall–Kier alpha value is -1.05. The first-order valence-corrected chi connectivity index (χ1v) is 16.2. The van der Waals surface area contributed by atoms with Gasteiger partial charge in [-0.3, -0.25) is 9.13 Å². The lowest BCUT2D eigenvalue weighted by Gasteiger charge is -2.23. The largest absolute Gasteiger partial charge is 0.298 e. The van der Waals surface area contributed by atoms with Crippen molar-refractivity contribution in [1.29, 1.82) is 0 Å². The summed E-state index contributed by atoms with van der Waals surface area (Å²) >= 11 is 20.5. The average molecular weight is 526 g/mol. The van der Waals surface area contributed by atoms with Crippen molar-refractivity contribution in [3.63, 3.8) is 0 Å². The molecule has 0 N–H and O–H groups in total. The summed E-state index contributed by atoms with van der Waals surface area (Å²) in [6.45, 7) is 17.7. The van der Waals surface area contributed by atoms with Crippen LogP contribution in [0.1, 0.15) is 101 Å². The van der Waals surface area contributed by atoms with E-state index >= 15 is 0 Å². The Labute approximate surface area is 213 Å². The Bertz CT molecular complexity index is 1080. The standard InChI is InChI=1S/C27H36Cl3N2P/c1-17(2)21-11-9-12-22(18(3)4)25(21)31-15-16-32(27(31)33(28,29)30)26-23(19(5)6)13-10-14-24(26)20(7)8/h9-20H,1-8H3. The highest BCUT2D eigenvalue weighted by molar-refractivity contribution is 8.27. The van der Waals surface area contributed by atoms with Gasteiger partial charge < -0.3 is 0 Å². The number of para-hydroxylation sites is 2. The number of benzene rings is 2. The molecule has 0 bridgehead atoms. The molecule has 6 heteroatoms. The molecule has 1 heterocycles. The number of hydrogen-bond donors (Lipinski definition) is 0. The second kappa shape index (κ2) is 10.3. The predicted molar refractivity (Wildman–Crippen MR) is 149 cm³/mol. The molecule has 0 saturated heterocycles. The summed E-state index contributed by atoms with van der Waals surface area (Å²) in [6, 6.07) is 13.1. The highest BCUT2D eigenvalue weighted by Crippen LogP contribution is 2.66. The molecule has 0 radical (unpaired) electrons. The van der Waals surface area contributed by atoms with Crippen molar-refractivity contribution in [2.75, 3.05) is 0 Å². The lowest BCUT2D eigenvalue weighted by molar-refractivity contribution is 0.784. The van der Waals surface area contributed by atoms with Gasteiger partial charge in [0.2, 0.25) is 0 Å². The van der Waals surface area contributed by atoms with Crippen LogP contribution >= 0.6 is 38.7 Å². The fourth-order valence-corrected chi connectivity index (χ4v) is 6.84. The summed E-state index contributed by atoms with van der Waals surface area (Å²) in [5.74, 6) is 1.35. The van der Waals surface area contributed by atoms with E-state index in [0.717, 1.165) is 16.6 Å². The van der Waals surface area contributed by atoms with Crippen molar-refractivity contribution < 1.29 is 0 Å². The van der Waals surface area contributed by atoms with Crippen LogP contribution in [0.15, 0.2) is 48.8 Å². The van der Waals surface area contributed by atoms with E-state index in [1.807, 2.05) is 0 Å². The molecule has 0 aliphatic heterocycles. The van der Waals surface area contributed by atoms with Crippen LogP contribution in [0, 0.1) is 5.20 Å². The molecule has 33 heavy (non-hydrogen) atoms. The summed E-state index contributed by atoms with van der Waals surface area (Å²) < 4.78 is 4.29. The summed E-state index contributed by atoms with van der Waals surface area (Å²) in [7, 11) is 0. The van der Waals surface area contributed by atoms with Crippen molar-refractivity contribution in [1.82, 2.24) is 9.13 Å². The highest BCUT2D eigenvalue weighted by Gasteiger charge is 2.24. The number of imidazole rings is 1. The van der Waals surface area contributed by atoms with Gasteiger partial charge in [-0.15, -0.1) is 0 Å². The Balaban J connectivity index is 2.54. The second-order valence-electron chi connectivity index (χ2n) is 9.97. The molecule has 2 nitrogen and oxygen atoms in total. The van der Waals surface area contributed by atoms with Crippen molar-refractivity contribution in [2.45, 2.75) is 79.1 Å². The average Bonchev–Trinajstić information content (AvgIpc) is 3.17. The van der Waals surface area contributed by atoms with Gasteiger partial charge >= 0.3 is 0 Å². The third kappa shape index (κ3) is 5.30. The Morgan fingerprint density at radius 1 is 0.545 bits per heavy atom. The van der Waals surface area contributed by atoms with Crippen molar-refractivity contribution >= 4 is 38.7 Å². The van der Waals surface area contributed by atoms with Crippen molar-refractivity contribution in [2.24, 2.45) is 0 Å². The smallest absolute Gasteiger partial charge is 0.182 e. The van der Waals surface area contributed by atoms with Crippen LogP contribution in [0.4, 0.5) is 0 Å². The second-order valence-corrected chi connectivity index (χ2v) is 17.4. The summed E-state index contributed by atoms with van der Waals surface area (Å²) in [5, 5.41) is 0.734. The Kier molecular flexibility index (Phi) is 8.28. The van der Waals surface area contributed by atoms with Crippen molar-refractivity contribution in [3.05, 3.63) is 76.2 Å². The number of nitrogens with zero attached hydrogens (tertiary/aromatic N) is 2. The minimum absolute atomic E-state index is 0.338. The zero-order valence-electron chi connectivity index (χ0n) is 20.9. The lowest BCUT2D eigenvalue weighted by atomic mass is 9.92. The molecule has 0 saturated carbocycles. The van der Waals surface area contributed by atoms with E-state index < -0.39 is 4.94 Å². The maximum atomic E-state index is 6.84. The van der Waals surface area contributed by atoms with E-state index in [2.05, 4.69) is 113 Å². The molecule has 0 fully saturated rings. The molecular formula is C27H36Cl3N2P. The van der Waals surface area contributed by atoms with Gasteiger partial charge in [-0.2, -0.15) is 0 Å². The SMILES string of the molecule is CC(C)c1cccc(C(C)C)c1-n1ccn(-c2c(C(C)C)cccc2C(C)C)c1=P(Cl)(Cl)Cl. The molecule has 0 unspecified atom stereocenters. The molecule has 0 amide bonds. The van der Waals surface area contributed by atoms with E-state index in [0.29, 0.717) is 23.7 Å². The van der Waals surface area contributed by atoms with Gasteiger partial charge in [0.1, 0.15) is 0 Å². The summed E-state index contributed by atoms with van der Waals surface area (Å²) in [4.78, 5) is -2.98. The number of hydrogen-bond acceptors (Lipinski definition) is 0. The zero-order chi connectivity index (χ0) is 24.7. The first-order chi connectivity index (χ1) is 15.4. The van der Waals surface area contributed by atoms with Gasteiger partial charge in [0.15, 0.2) is 10.1 Å². The Morgan fingerprint density at radius 2 is 0.818 bits per heavy atom. The molecule has 3 aromatic rings. The predicted octanol–water partition coefficient (Wildman–Crippen LogP) is 10.8. The maximum absolute atomic E-state index is 6.84. The zero-order valence-corrected chi connectivity index (χ0v) is 24.1. The number of halogens is 3. The van der Waals surface area contributed by atoms with E-state index in [1.54, 1.807) is 0 Å². The van der Waals surface area contributed by atoms with Gasteiger partial charge in [-0.25, -0.2) is 0 Å². The quantitative estimate of drug-likeness (QED) is 0.283. The van der Waals surface area contributed by atoms with Crippen molar-refractivity contribution in [3.8, 4) is 11.4 Å². The van der Waals surface area contributed by atoms with Gasteiger partial charge in [0.25, 0.3) is 0 Å². The fraction of sp³-hybridized carbons (Fsp3) is 0.444. The fourth-order valence-electron chi connectivity index (χ4n) is 4.56. The molecule has 1 aromatic heterocycles. The third-order valence-electron chi connectivity index (χ3n) is 6.19. The monoisotopic (exact) mass is 524 g/mol. The molecule has 3 rings (SSSR count). The van der Waals surface area contributed by atoms with Crippen LogP contribution in [-0.2, 0) is 0 Å². The molecule has 0 aliphatic carbocycles. The van der Waals surface area contributed by atoms with Crippen LogP contribution in [-0.4, -0.2) is 9.13 Å². The van der Waals surface area contributed by atoms with Crippen LogP contribution in [0.5, 0.6) is 0 Å². The first kappa shape index (κ1) is 26.6. The maximum Gasteiger partial charge on any atom is 0.182 e. The Morgan fingerprint density at radius 3 is 1.03 bits per heavy atom. The van der Waals surface area contributed by atoms with Crippen LogP contribution in [0.25, 0.3) is 11.4 Å². The van der Waals surface area contributed by atoms with Crippen LogP contribution < -0.4 is 0 Å². The summed E-state index contributed by atoms with van der Waals surface area (Å²) in [6.07, 6.45) is 4.15. The van der Waals surface area contributed by atoms with Gasteiger partial charge in [0, 0.05) is 12.4 Å². The number of rotatable bonds is 6. The first-order valence-electron chi connectivity index (χ1n) is 11.7. The van der Waals surface area contributed by atoms with Gasteiger partial charge in [-0.1, -0.05) is 126 Å². The molecular weight excluding hydrogens is 490 g/mol. The van der Waals surface area contributed by atoms with Gasteiger partial charge in [0.05, 0.1) is 11.4 Å². The van der Waals surface area contributed by atoms with Crippen LogP contribution in [0.2, 0.25) is 0 Å². The molecule has 0 spiro atoms. The van der Waals surface area contributed by atoms with Crippen LogP contribution in [0.3, 0.4) is 0 Å². The lowest BCUT2D eigenvalue weighted by Crippen LogP contribution is -2.10. The molecule has 0 atom stereocenters. The molecule has 180 valence electrons. The number of aromatic nitrogens is 2. The normalized spacial score (nSPS) is 12.6. The minimum atomic E-state index is -2.98.